The minimum absolute atomic E-state index is 0.136. The number of rotatable bonds is 3. The van der Waals surface area contributed by atoms with E-state index in [1.807, 2.05) is 6.92 Å². The van der Waals surface area contributed by atoms with Crippen LogP contribution in [0, 0.1) is 5.92 Å². The van der Waals surface area contributed by atoms with Crippen LogP contribution in [-0.2, 0) is 4.79 Å². The van der Waals surface area contributed by atoms with Crippen LogP contribution in [0.1, 0.15) is 74.7 Å². The van der Waals surface area contributed by atoms with E-state index in [1.165, 1.54) is 33.4 Å². The summed E-state index contributed by atoms with van der Waals surface area (Å²) in [4.78, 5) is 11.5. The van der Waals surface area contributed by atoms with Crippen LogP contribution in [0.15, 0.2) is 105 Å². The highest BCUT2D eigenvalue weighted by Gasteiger charge is 2.05. The average Bonchev–Trinajstić information content (AvgIpc) is 2.77. The van der Waals surface area contributed by atoms with Crippen LogP contribution in [0.3, 0.4) is 0 Å². The van der Waals surface area contributed by atoms with Gasteiger partial charge in [-0.1, -0.05) is 96.9 Å². The van der Waals surface area contributed by atoms with Gasteiger partial charge in [-0.25, -0.2) is 0 Å². The summed E-state index contributed by atoms with van der Waals surface area (Å²) < 4.78 is 0. The SMILES string of the molecule is CCC1=C(/C)C/C=C/C(C)=C(C)\C=C\C\C(C)=C(C)/C=C(C(C)C=O)/C=C/C(C)=C/C=C/1. The van der Waals surface area contributed by atoms with Gasteiger partial charge in [0.15, 0.2) is 0 Å². The molecular weight excluding hydrogens is 388 g/mol. The van der Waals surface area contributed by atoms with Crippen LogP contribution < -0.4 is 0 Å². The lowest BCUT2D eigenvalue weighted by Gasteiger charge is -2.08. The van der Waals surface area contributed by atoms with Gasteiger partial charge in [0.2, 0.25) is 0 Å². The Bertz CT molecular complexity index is 933. The first-order chi connectivity index (χ1) is 15.2. The summed E-state index contributed by atoms with van der Waals surface area (Å²) in [6.45, 7) is 17.1. The van der Waals surface area contributed by atoms with Gasteiger partial charge in [-0.05, 0) is 83.1 Å². The molecule has 172 valence electrons. The molecule has 0 bridgehead atoms. The zero-order valence-corrected chi connectivity index (χ0v) is 21.5. The summed E-state index contributed by atoms with van der Waals surface area (Å²) >= 11 is 0. The largest absolute Gasteiger partial charge is 0.303 e. The molecule has 0 heterocycles. The minimum Gasteiger partial charge on any atom is -0.303 e. The van der Waals surface area contributed by atoms with Gasteiger partial charge in [-0.3, -0.25) is 0 Å². The molecule has 1 aliphatic carbocycles. The molecule has 1 heteroatoms. The molecule has 1 nitrogen and oxygen atoms in total. The third-order valence-corrected chi connectivity index (χ3v) is 6.12. The van der Waals surface area contributed by atoms with E-state index in [-0.39, 0.29) is 5.92 Å². The molecule has 0 radical (unpaired) electrons. The highest BCUT2D eigenvalue weighted by atomic mass is 16.1. The van der Waals surface area contributed by atoms with E-state index < -0.39 is 0 Å². The van der Waals surface area contributed by atoms with Crippen molar-refractivity contribution in [3.8, 4) is 0 Å². The van der Waals surface area contributed by atoms with Crippen LogP contribution in [0.4, 0.5) is 0 Å². The van der Waals surface area contributed by atoms with Gasteiger partial charge in [0.05, 0.1) is 0 Å². The predicted octanol–water partition coefficient (Wildman–Crippen LogP) is 9.11. The molecule has 0 aliphatic heterocycles. The highest BCUT2D eigenvalue weighted by Crippen LogP contribution is 2.20. The highest BCUT2D eigenvalue weighted by molar-refractivity contribution is 5.61. The van der Waals surface area contributed by atoms with Gasteiger partial charge in [0, 0.05) is 5.92 Å². The fraction of sp³-hybridized carbons (Fsp3) is 0.387. The van der Waals surface area contributed by atoms with Crippen molar-refractivity contribution in [3.05, 3.63) is 105 Å². The van der Waals surface area contributed by atoms with E-state index in [4.69, 9.17) is 0 Å². The van der Waals surface area contributed by atoms with E-state index in [0.29, 0.717) is 0 Å². The van der Waals surface area contributed by atoms with Crippen LogP contribution >= 0.6 is 0 Å². The summed E-state index contributed by atoms with van der Waals surface area (Å²) in [5, 5.41) is 0. The molecule has 0 amide bonds. The Morgan fingerprint density at radius 3 is 1.97 bits per heavy atom. The molecule has 0 aromatic heterocycles. The summed E-state index contributed by atoms with van der Waals surface area (Å²) in [5.41, 5.74) is 10.1. The molecule has 32 heavy (non-hydrogen) atoms. The van der Waals surface area contributed by atoms with Crippen molar-refractivity contribution < 1.29 is 4.79 Å². The summed E-state index contributed by atoms with van der Waals surface area (Å²) in [7, 11) is 0. The summed E-state index contributed by atoms with van der Waals surface area (Å²) in [6.07, 6.45) is 25.6. The van der Waals surface area contributed by atoms with Gasteiger partial charge in [0.1, 0.15) is 6.29 Å². The van der Waals surface area contributed by atoms with Gasteiger partial charge in [-0.15, -0.1) is 0 Å². The van der Waals surface area contributed by atoms with E-state index >= 15 is 0 Å². The van der Waals surface area contributed by atoms with Crippen molar-refractivity contribution in [2.75, 3.05) is 0 Å². The first-order valence-electron chi connectivity index (χ1n) is 11.7. The molecule has 0 saturated heterocycles. The molecule has 0 saturated carbocycles. The maximum Gasteiger partial charge on any atom is 0.127 e. The van der Waals surface area contributed by atoms with Crippen molar-refractivity contribution in [2.24, 2.45) is 5.92 Å². The molecule has 0 spiro atoms. The monoisotopic (exact) mass is 430 g/mol. The van der Waals surface area contributed by atoms with Crippen LogP contribution in [-0.4, -0.2) is 6.29 Å². The molecular formula is C31H42O. The zero-order chi connectivity index (χ0) is 24.1. The molecule has 1 aliphatic rings. The maximum absolute atomic E-state index is 11.5. The van der Waals surface area contributed by atoms with Crippen molar-refractivity contribution in [1.82, 2.24) is 0 Å². The number of hydrogen-bond donors (Lipinski definition) is 0. The molecule has 1 atom stereocenters. The normalized spacial score (nSPS) is 32.6. The molecule has 0 aromatic carbocycles. The number of hydrogen-bond acceptors (Lipinski definition) is 1. The van der Waals surface area contributed by atoms with Crippen LogP contribution in [0.5, 0.6) is 0 Å². The van der Waals surface area contributed by atoms with E-state index in [1.54, 1.807) is 0 Å². The molecule has 0 fully saturated rings. The second-order valence-corrected chi connectivity index (χ2v) is 8.87. The Balaban J connectivity index is 3.50. The summed E-state index contributed by atoms with van der Waals surface area (Å²) in [6, 6.07) is 0. The van der Waals surface area contributed by atoms with Crippen molar-refractivity contribution in [2.45, 2.75) is 74.7 Å². The molecule has 1 rings (SSSR count). The minimum atomic E-state index is -0.136. The number of aldehydes is 1. The van der Waals surface area contributed by atoms with E-state index in [9.17, 15) is 4.79 Å². The molecule has 0 N–H and O–H groups in total. The second kappa shape index (κ2) is 14.4. The summed E-state index contributed by atoms with van der Waals surface area (Å²) in [5.74, 6) is -0.136. The molecule has 1 unspecified atom stereocenters. The average molecular weight is 431 g/mol. The quantitative estimate of drug-likeness (QED) is 0.408. The molecule has 0 aromatic rings. The Hall–Kier alpha value is -2.67. The maximum atomic E-state index is 11.5. The third-order valence-electron chi connectivity index (χ3n) is 6.12. The first kappa shape index (κ1) is 27.4. The Kier molecular flexibility index (Phi) is 12.3. The standard InChI is InChI=1S/C31H42O/c1-9-30-18-10-13-23(2)19-20-31(29(8)22-32)21-28(7)26(5)16-11-14-24(3)25(4)15-12-17-27(30)6/h10-15,18-22,29H,9,16-17H2,1-8H3/b14-11+,15-12+,18-10+,20-19+,23-13+,25-24-,28-26-,30-27-,31-21-. The Labute approximate surface area is 197 Å². The zero-order valence-electron chi connectivity index (χ0n) is 21.5. The van der Waals surface area contributed by atoms with Gasteiger partial charge < -0.3 is 4.79 Å². The van der Waals surface area contributed by atoms with Crippen molar-refractivity contribution >= 4 is 6.29 Å². The fourth-order valence-electron chi connectivity index (χ4n) is 3.32. The number of allylic oxidation sites excluding steroid dienone is 18. The lowest BCUT2D eigenvalue weighted by Crippen LogP contribution is -1.99. The number of carbonyl (C=O) groups excluding carboxylic acids is 1. The third kappa shape index (κ3) is 9.64. The topological polar surface area (TPSA) is 17.1 Å². The van der Waals surface area contributed by atoms with Gasteiger partial charge in [0.25, 0.3) is 0 Å². The van der Waals surface area contributed by atoms with Crippen LogP contribution in [0.2, 0.25) is 0 Å². The van der Waals surface area contributed by atoms with Gasteiger partial charge >= 0.3 is 0 Å². The first-order valence-corrected chi connectivity index (χ1v) is 11.7. The number of carbonyl (C=O) groups is 1. The van der Waals surface area contributed by atoms with Crippen molar-refractivity contribution in [3.63, 3.8) is 0 Å². The smallest absolute Gasteiger partial charge is 0.127 e. The Morgan fingerprint density at radius 2 is 1.41 bits per heavy atom. The Morgan fingerprint density at radius 1 is 0.812 bits per heavy atom. The second-order valence-electron chi connectivity index (χ2n) is 8.87. The van der Waals surface area contributed by atoms with Crippen molar-refractivity contribution in [1.29, 1.82) is 0 Å². The van der Waals surface area contributed by atoms with E-state index in [0.717, 1.165) is 36.7 Å². The predicted molar refractivity (Wildman–Crippen MR) is 143 cm³/mol. The lowest BCUT2D eigenvalue weighted by molar-refractivity contribution is -0.109. The van der Waals surface area contributed by atoms with Gasteiger partial charge in [-0.2, -0.15) is 0 Å². The lowest BCUT2D eigenvalue weighted by atomic mass is 9.96. The van der Waals surface area contributed by atoms with E-state index in [2.05, 4.69) is 109 Å². The van der Waals surface area contributed by atoms with Crippen LogP contribution in [0.25, 0.3) is 0 Å². The fourth-order valence-corrected chi connectivity index (χ4v) is 3.32.